The Bertz CT molecular complexity index is 810. The molecule has 1 aliphatic rings. The third-order valence-electron chi connectivity index (χ3n) is 3.83. The summed E-state index contributed by atoms with van der Waals surface area (Å²) in [6.07, 6.45) is -1.22. The van der Waals surface area contributed by atoms with Crippen molar-refractivity contribution in [1.82, 2.24) is 0 Å². The normalized spacial score (nSPS) is 16.6. The van der Waals surface area contributed by atoms with E-state index in [0.717, 1.165) is 12.1 Å². The van der Waals surface area contributed by atoms with Crippen molar-refractivity contribution in [2.24, 2.45) is 5.41 Å². The summed E-state index contributed by atoms with van der Waals surface area (Å²) < 4.78 is 45.2. The number of pyridine rings is 1. The van der Waals surface area contributed by atoms with Crippen molar-refractivity contribution in [3.63, 3.8) is 0 Å². The van der Waals surface area contributed by atoms with Crippen LogP contribution in [-0.4, -0.2) is 6.61 Å². The lowest BCUT2D eigenvalue weighted by atomic mass is 9.89. The van der Waals surface area contributed by atoms with Crippen LogP contribution in [0.15, 0.2) is 48.7 Å². The predicted molar refractivity (Wildman–Crippen MR) is 83.2 cm³/mol. The SMILES string of the molecule is CC1(C)C=C(c2cccc[n+]2[O-])c2ccc(C(F)(F)F)cc2OC1. The van der Waals surface area contributed by atoms with Crippen molar-refractivity contribution >= 4 is 5.57 Å². The predicted octanol–water partition coefficient (Wildman–Crippen LogP) is 4.19. The standard InChI is InChI=1S/C18H16F3NO2/c1-17(2)10-14(15-5-3-4-8-22(15)23)13-7-6-12(18(19,20)21)9-16(13)24-11-17/h3-10H,11H2,1-2H3. The molecule has 1 aliphatic heterocycles. The fourth-order valence-corrected chi connectivity index (χ4v) is 2.66. The van der Waals surface area contributed by atoms with Gasteiger partial charge in [0.05, 0.1) is 17.7 Å². The van der Waals surface area contributed by atoms with Gasteiger partial charge in [-0.15, -0.1) is 0 Å². The molecule has 0 bridgehead atoms. The fourth-order valence-electron chi connectivity index (χ4n) is 2.66. The smallest absolute Gasteiger partial charge is 0.416 e. The molecule has 0 fully saturated rings. The highest BCUT2D eigenvalue weighted by molar-refractivity contribution is 5.81. The fraction of sp³-hybridized carbons (Fsp3) is 0.278. The first-order valence-electron chi connectivity index (χ1n) is 7.43. The van der Waals surface area contributed by atoms with Crippen LogP contribution in [0.3, 0.4) is 0 Å². The molecule has 126 valence electrons. The molecule has 0 saturated carbocycles. The van der Waals surface area contributed by atoms with Crippen LogP contribution in [0.5, 0.6) is 5.75 Å². The van der Waals surface area contributed by atoms with Gasteiger partial charge >= 0.3 is 6.18 Å². The van der Waals surface area contributed by atoms with Gasteiger partial charge in [-0.3, -0.25) is 0 Å². The van der Waals surface area contributed by atoms with Gasteiger partial charge in [-0.25, -0.2) is 0 Å². The maximum Gasteiger partial charge on any atom is 0.416 e. The van der Waals surface area contributed by atoms with Gasteiger partial charge in [0.1, 0.15) is 5.75 Å². The highest BCUT2D eigenvalue weighted by Gasteiger charge is 2.34. The summed E-state index contributed by atoms with van der Waals surface area (Å²) in [5.74, 6) is 0.130. The summed E-state index contributed by atoms with van der Waals surface area (Å²) in [5.41, 5.74) is 0.205. The summed E-state index contributed by atoms with van der Waals surface area (Å²) in [7, 11) is 0. The van der Waals surface area contributed by atoms with Crippen LogP contribution >= 0.6 is 0 Å². The van der Waals surface area contributed by atoms with Crippen molar-refractivity contribution in [3.8, 4) is 5.75 Å². The number of aromatic nitrogens is 1. The van der Waals surface area contributed by atoms with Crippen LogP contribution in [0.25, 0.3) is 5.57 Å². The molecule has 3 rings (SSSR count). The van der Waals surface area contributed by atoms with Crippen molar-refractivity contribution < 1.29 is 22.6 Å². The number of nitrogens with zero attached hydrogens (tertiary/aromatic N) is 1. The van der Waals surface area contributed by atoms with Gasteiger partial charge in [0.15, 0.2) is 6.20 Å². The lowest BCUT2D eigenvalue weighted by molar-refractivity contribution is -0.607. The second-order valence-electron chi connectivity index (χ2n) is 6.46. The Morgan fingerprint density at radius 2 is 1.92 bits per heavy atom. The molecule has 24 heavy (non-hydrogen) atoms. The van der Waals surface area contributed by atoms with E-state index in [1.54, 1.807) is 18.2 Å². The molecule has 2 aromatic rings. The van der Waals surface area contributed by atoms with E-state index in [-0.39, 0.29) is 12.4 Å². The zero-order valence-electron chi connectivity index (χ0n) is 13.2. The second-order valence-corrected chi connectivity index (χ2v) is 6.46. The number of halogens is 3. The summed E-state index contributed by atoms with van der Waals surface area (Å²) >= 11 is 0. The van der Waals surface area contributed by atoms with E-state index < -0.39 is 17.2 Å². The quantitative estimate of drug-likeness (QED) is 0.579. The Labute approximate surface area is 137 Å². The molecule has 2 heterocycles. The summed E-state index contributed by atoms with van der Waals surface area (Å²) in [5, 5.41) is 12.1. The Morgan fingerprint density at radius 1 is 1.17 bits per heavy atom. The maximum absolute atomic E-state index is 13.0. The maximum atomic E-state index is 13.0. The number of fused-ring (bicyclic) bond motifs is 1. The molecule has 3 nitrogen and oxygen atoms in total. The van der Waals surface area contributed by atoms with Crippen molar-refractivity contribution in [1.29, 1.82) is 0 Å². The van der Waals surface area contributed by atoms with Crippen LogP contribution in [0, 0.1) is 10.6 Å². The van der Waals surface area contributed by atoms with Crippen LogP contribution in [-0.2, 0) is 6.18 Å². The van der Waals surface area contributed by atoms with Crippen molar-refractivity contribution in [2.45, 2.75) is 20.0 Å². The van der Waals surface area contributed by atoms with E-state index in [1.165, 1.54) is 12.3 Å². The molecular formula is C18H16F3NO2. The molecule has 1 aromatic carbocycles. The largest absolute Gasteiger partial charge is 0.618 e. The first-order chi connectivity index (χ1) is 11.2. The van der Waals surface area contributed by atoms with Gasteiger partial charge in [-0.05, 0) is 24.3 Å². The molecule has 0 saturated heterocycles. The van der Waals surface area contributed by atoms with Crippen LogP contribution in [0.4, 0.5) is 13.2 Å². The van der Waals surface area contributed by atoms with Gasteiger partial charge < -0.3 is 9.94 Å². The van der Waals surface area contributed by atoms with Crippen molar-refractivity contribution in [3.05, 3.63) is 70.7 Å². The second kappa shape index (κ2) is 5.54. The van der Waals surface area contributed by atoms with E-state index in [1.807, 2.05) is 19.9 Å². The molecule has 0 aliphatic carbocycles. The average molecular weight is 335 g/mol. The Kier molecular flexibility index (Phi) is 3.78. The van der Waals surface area contributed by atoms with E-state index in [4.69, 9.17) is 4.74 Å². The van der Waals surface area contributed by atoms with Gasteiger partial charge in [0, 0.05) is 23.1 Å². The molecule has 0 atom stereocenters. The number of rotatable bonds is 1. The highest BCUT2D eigenvalue weighted by Crippen LogP contribution is 2.40. The van der Waals surface area contributed by atoms with Crippen molar-refractivity contribution in [2.75, 3.05) is 6.61 Å². The minimum atomic E-state index is -4.45. The van der Waals surface area contributed by atoms with Crippen LogP contribution < -0.4 is 9.47 Å². The lowest BCUT2D eigenvalue weighted by Crippen LogP contribution is -2.30. The first-order valence-corrected chi connectivity index (χ1v) is 7.43. The van der Waals surface area contributed by atoms with E-state index in [9.17, 15) is 18.4 Å². The number of hydrogen-bond acceptors (Lipinski definition) is 2. The molecule has 0 N–H and O–H groups in total. The summed E-state index contributed by atoms with van der Waals surface area (Å²) in [6.45, 7) is 4.03. The Hall–Kier alpha value is -2.50. The number of alkyl halides is 3. The molecule has 0 spiro atoms. The van der Waals surface area contributed by atoms with E-state index >= 15 is 0 Å². The molecule has 0 amide bonds. The van der Waals surface area contributed by atoms with E-state index in [2.05, 4.69) is 0 Å². The number of hydrogen-bond donors (Lipinski definition) is 0. The molecule has 6 heteroatoms. The van der Waals surface area contributed by atoms with Gasteiger partial charge in [-0.2, -0.15) is 17.9 Å². The Balaban J connectivity index is 2.21. The van der Waals surface area contributed by atoms with Gasteiger partial charge in [0.25, 0.3) is 0 Å². The monoisotopic (exact) mass is 335 g/mol. The molecule has 0 radical (unpaired) electrons. The van der Waals surface area contributed by atoms with Gasteiger partial charge in [-0.1, -0.05) is 19.9 Å². The number of ether oxygens (including phenoxy) is 1. The molecular weight excluding hydrogens is 319 g/mol. The van der Waals surface area contributed by atoms with Crippen LogP contribution in [0.1, 0.15) is 30.7 Å². The number of benzene rings is 1. The lowest BCUT2D eigenvalue weighted by Gasteiger charge is -2.18. The molecule has 1 aromatic heterocycles. The minimum absolute atomic E-state index is 0.130. The average Bonchev–Trinajstić information content (AvgIpc) is 2.63. The highest BCUT2D eigenvalue weighted by atomic mass is 19.4. The summed E-state index contributed by atoms with van der Waals surface area (Å²) in [4.78, 5) is 0. The Morgan fingerprint density at radius 3 is 2.58 bits per heavy atom. The third kappa shape index (κ3) is 3.09. The molecule has 0 unspecified atom stereocenters. The zero-order valence-corrected chi connectivity index (χ0v) is 13.2. The van der Waals surface area contributed by atoms with Crippen LogP contribution in [0.2, 0.25) is 0 Å². The zero-order chi connectivity index (χ0) is 17.5. The van der Waals surface area contributed by atoms with Gasteiger partial charge in [0.2, 0.25) is 5.69 Å². The first kappa shape index (κ1) is 16.4. The third-order valence-corrected chi connectivity index (χ3v) is 3.83. The van der Waals surface area contributed by atoms with E-state index in [0.29, 0.717) is 21.6 Å². The minimum Gasteiger partial charge on any atom is -0.618 e. The topological polar surface area (TPSA) is 36.2 Å². The summed E-state index contributed by atoms with van der Waals surface area (Å²) in [6, 6.07) is 8.31.